The fourth-order valence-corrected chi connectivity index (χ4v) is 0.451. The van der Waals surface area contributed by atoms with Crippen molar-refractivity contribution in [2.45, 2.75) is 20.0 Å². The summed E-state index contributed by atoms with van der Waals surface area (Å²) in [6, 6.07) is 0. The van der Waals surface area contributed by atoms with E-state index in [1.165, 1.54) is 6.08 Å². The zero-order valence-electron chi connectivity index (χ0n) is 7.07. The molecule has 0 spiro atoms. The standard InChI is InChI=1S/C9H11F3/c1-7(2)5-4-6-8(3)9(10,11)12/h4-6H,3H2,1-2H3/b6-4-. The van der Waals surface area contributed by atoms with E-state index in [9.17, 15) is 13.2 Å². The molecule has 0 saturated carbocycles. The molecule has 0 heterocycles. The lowest BCUT2D eigenvalue weighted by molar-refractivity contribution is -0.0878. The molecule has 0 bridgehead atoms. The minimum atomic E-state index is -4.31. The first-order valence-corrected chi connectivity index (χ1v) is 3.41. The Bertz CT molecular complexity index is 214. The van der Waals surface area contributed by atoms with Crippen molar-refractivity contribution in [1.29, 1.82) is 0 Å². The van der Waals surface area contributed by atoms with Gasteiger partial charge in [0.2, 0.25) is 0 Å². The van der Waals surface area contributed by atoms with Gasteiger partial charge in [0.05, 0.1) is 0 Å². The summed E-state index contributed by atoms with van der Waals surface area (Å²) in [7, 11) is 0. The van der Waals surface area contributed by atoms with E-state index in [0.29, 0.717) is 0 Å². The zero-order chi connectivity index (χ0) is 9.78. The van der Waals surface area contributed by atoms with E-state index in [4.69, 9.17) is 0 Å². The molecule has 0 unspecified atom stereocenters. The smallest absolute Gasteiger partial charge is 0.166 e. The Kier molecular flexibility index (Phi) is 3.80. The molecule has 0 rings (SSSR count). The number of halogens is 3. The summed E-state index contributed by atoms with van der Waals surface area (Å²) in [4.78, 5) is 0. The number of allylic oxidation sites excluding steroid dienone is 5. The lowest BCUT2D eigenvalue weighted by Crippen LogP contribution is -2.08. The Hall–Kier alpha value is -0.990. The molecule has 68 valence electrons. The van der Waals surface area contributed by atoms with Crippen LogP contribution in [0.4, 0.5) is 13.2 Å². The quantitative estimate of drug-likeness (QED) is 0.563. The molecule has 0 amide bonds. The first-order valence-electron chi connectivity index (χ1n) is 3.41. The van der Waals surface area contributed by atoms with Gasteiger partial charge in [-0.05, 0) is 13.8 Å². The van der Waals surface area contributed by atoms with E-state index >= 15 is 0 Å². The molecule has 0 aromatic rings. The summed E-state index contributed by atoms with van der Waals surface area (Å²) in [6.45, 7) is 6.49. The fraction of sp³-hybridized carbons (Fsp3) is 0.333. The van der Waals surface area contributed by atoms with Crippen molar-refractivity contribution in [2.75, 3.05) is 0 Å². The molecular weight excluding hydrogens is 165 g/mol. The molecule has 0 N–H and O–H groups in total. The first kappa shape index (κ1) is 11.0. The normalized spacial score (nSPS) is 11.8. The molecule has 0 nitrogen and oxygen atoms in total. The number of alkyl halides is 3. The Morgan fingerprint density at radius 1 is 1.25 bits per heavy atom. The van der Waals surface area contributed by atoms with Crippen molar-refractivity contribution in [2.24, 2.45) is 0 Å². The van der Waals surface area contributed by atoms with E-state index in [0.717, 1.165) is 11.6 Å². The van der Waals surface area contributed by atoms with Crippen molar-refractivity contribution in [3.05, 3.63) is 36.0 Å². The van der Waals surface area contributed by atoms with Crippen LogP contribution in [0, 0.1) is 0 Å². The molecule has 0 aliphatic rings. The number of hydrogen-bond donors (Lipinski definition) is 0. The van der Waals surface area contributed by atoms with E-state index < -0.39 is 11.7 Å². The fourth-order valence-electron chi connectivity index (χ4n) is 0.451. The van der Waals surface area contributed by atoms with Gasteiger partial charge in [0.1, 0.15) is 0 Å². The van der Waals surface area contributed by atoms with Gasteiger partial charge in [-0.1, -0.05) is 30.4 Å². The molecule has 0 fully saturated rings. The van der Waals surface area contributed by atoms with E-state index in [1.807, 2.05) is 0 Å². The monoisotopic (exact) mass is 176 g/mol. The SMILES string of the molecule is C=C(/C=C\C=C(C)C)C(F)(F)F. The third-order valence-electron chi connectivity index (χ3n) is 1.09. The van der Waals surface area contributed by atoms with Gasteiger partial charge in [-0.2, -0.15) is 13.2 Å². The molecule has 0 aliphatic carbocycles. The highest BCUT2D eigenvalue weighted by Crippen LogP contribution is 2.24. The van der Waals surface area contributed by atoms with Crippen molar-refractivity contribution < 1.29 is 13.2 Å². The molecule has 0 aromatic carbocycles. The molecule has 3 heteroatoms. The maximum Gasteiger partial charge on any atom is 0.415 e. The van der Waals surface area contributed by atoms with E-state index in [2.05, 4.69) is 6.58 Å². The Labute approximate surface area is 70.1 Å². The van der Waals surface area contributed by atoms with E-state index in [1.54, 1.807) is 19.9 Å². The summed E-state index contributed by atoms with van der Waals surface area (Å²) < 4.78 is 35.4. The second-order valence-corrected chi connectivity index (χ2v) is 2.63. The molecular formula is C9H11F3. The number of hydrogen-bond acceptors (Lipinski definition) is 0. The predicted molar refractivity (Wildman–Crippen MR) is 43.8 cm³/mol. The van der Waals surface area contributed by atoms with Crippen molar-refractivity contribution >= 4 is 0 Å². The van der Waals surface area contributed by atoms with Crippen LogP contribution in [0.15, 0.2) is 36.0 Å². The molecule has 0 atom stereocenters. The highest BCUT2D eigenvalue weighted by Gasteiger charge is 2.29. The van der Waals surface area contributed by atoms with E-state index in [-0.39, 0.29) is 0 Å². The second kappa shape index (κ2) is 4.14. The minimum absolute atomic E-state index is 0.833. The van der Waals surface area contributed by atoms with Gasteiger partial charge in [-0.15, -0.1) is 0 Å². The summed E-state index contributed by atoms with van der Waals surface area (Å²) >= 11 is 0. The maximum absolute atomic E-state index is 11.8. The van der Waals surface area contributed by atoms with Crippen LogP contribution in [0.1, 0.15) is 13.8 Å². The van der Waals surface area contributed by atoms with Crippen LogP contribution in [0.3, 0.4) is 0 Å². The van der Waals surface area contributed by atoms with Crippen LogP contribution in [0.25, 0.3) is 0 Å². The highest BCUT2D eigenvalue weighted by molar-refractivity contribution is 5.24. The zero-order valence-corrected chi connectivity index (χ0v) is 7.07. The first-order chi connectivity index (χ1) is 5.34. The summed E-state index contributed by atoms with van der Waals surface area (Å²) in [6.07, 6.45) is -0.430. The van der Waals surface area contributed by atoms with Crippen LogP contribution in [-0.2, 0) is 0 Å². The van der Waals surface area contributed by atoms with Gasteiger partial charge in [0, 0.05) is 5.57 Å². The van der Waals surface area contributed by atoms with Gasteiger partial charge < -0.3 is 0 Å². The largest absolute Gasteiger partial charge is 0.415 e. The van der Waals surface area contributed by atoms with Gasteiger partial charge in [-0.25, -0.2) is 0 Å². The lowest BCUT2D eigenvalue weighted by atomic mass is 10.2. The molecule has 0 aromatic heterocycles. The van der Waals surface area contributed by atoms with Crippen molar-refractivity contribution in [3.8, 4) is 0 Å². The second-order valence-electron chi connectivity index (χ2n) is 2.63. The minimum Gasteiger partial charge on any atom is -0.166 e. The molecule has 0 saturated heterocycles. The van der Waals surface area contributed by atoms with Crippen LogP contribution in [-0.4, -0.2) is 6.18 Å². The Morgan fingerprint density at radius 2 is 1.75 bits per heavy atom. The highest BCUT2D eigenvalue weighted by atomic mass is 19.4. The Morgan fingerprint density at radius 3 is 2.08 bits per heavy atom. The average Bonchev–Trinajstić information content (AvgIpc) is 1.84. The average molecular weight is 176 g/mol. The predicted octanol–water partition coefficient (Wildman–Crippen LogP) is 3.63. The van der Waals surface area contributed by atoms with Gasteiger partial charge >= 0.3 is 6.18 Å². The van der Waals surface area contributed by atoms with Crippen molar-refractivity contribution in [1.82, 2.24) is 0 Å². The van der Waals surface area contributed by atoms with Crippen LogP contribution < -0.4 is 0 Å². The van der Waals surface area contributed by atoms with Crippen LogP contribution in [0.2, 0.25) is 0 Å². The van der Waals surface area contributed by atoms with Gasteiger partial charge in [0.15, 0.2) is 0 Å². The Balaban J connectivity index is 4.20. The summed E-state index contributed by atoms with van der Waals surface area (Å²) in [5, 5.41) is 0. The maximum atomic E-state index is 11.8. The molecule has 12 heavy (non-hydrogen) atoms. The third-order valence-corrected chi connectivity index (χ3v) is 1.09. The van der Waals surface area contributed by atoms with Crippen LogP contribution in [0.5, 0.6) is 0 Å². The van der Waals surface area contributed by atoms with Crippen molar-refractivity contribution in [3.63, 3.8) is 0 Å². The number of rotatable bonds is 2. The van der Waals surface area contributed by atoms with Crippen LogP contribution >= 0.6 is 0 Å². The molecule has 0 aliphatic heterocycles. The molecule has 0 radical (unpaired) electrons. The van der Waals surface area contributed by atoms with Gasteiger partial charge in [-0.3, -0.25) is 0 Å². The summed E-state index contributed by atoms with van der Waals surface area (Å²) in [5.41, 5.74) is 0.112. The topological polar surface area (TPSA) is 0 Å². The third kappa shape index (κ3) is 4.77. The summed E-state index contributed by atoms with van der Waals surface area (Å²) in [5.74, 6) is 0. The van der Waals surface area contributed by atoms with Gasteiger partial charge in [0.25, 0.3) is 0 Å². The lowest BCUT2D eigenvalue weighted by Gasteiger charge is -2.03.